The van der Waals surface area contributed by atoms with Crippen molar-refractivity contribution in [3.8, 4) is 0 Å². The number of carboxylic acids is 1. The Morgan fingerprint density at radius 1 is 1.41 bits per heavy atom. The first kappa shape index (κ1) is 11.0. The van der Waals surface area contributed by atoms with Gasteiger partial charge in [-0.05, 0) is 37.0 Å². The molecular formula is C13H12ClFO2. The number of rotatable bonds is 3. The van der Waals surface area contributed by atoms with Crippen molar-refractivity contribution in [2.75, 3.05) is 0 Å². The highest BCUT2D eigenvalue weighted by Crippen LogP contribution is 2.78. The number of carbonyl (C=O) groups is 1. The van der Waals surface area contributed by atoms with E-state index in [1.165, 1.54) is 0 Å². The number of hydrogen-bond acceptors (Lipinski definition) is 1. The molecule has 0 radical (unpaired) electrons. The maximum Gasteiger partial charge on any atom is 0.309 e. The van der Waals surface area contributed by atoms with E-state index in [0.717, 1.165) is 0 Å². The van der Waals surface area contributed by atoms with Crippen LogP contribution in [0.25, 0.3) is 0 Å². The lowest BCUT2D eigenvalue weighted by atomic mass is 9.33. The molecule has 4 rings (SSSR count). The summed E-state index contributed by atoms with van der Waals surface area (Å²) < 4.78 is 14.4. The molecule has 0 heterocycles. The van der Waals surface area contributed by atoms with Crippen molar-refractivity contribution < 1.29 is 14.3 Å². The Morgan fingerprint density at radius 2 is 2.06 bits per heavy atom. The third kappa shape index (κ3) is 1.35. The van der Waals surface area contributed by atoms with Gasteiger partial charge in [0, 0.05) is 10.4 Å². The summed E-state index contributed by atoms with van der Waals surface area (Å²) in [4.78, 5) is 11.0. The van der Waals surface area contributed by atoms with Crippen LogP contribution in [0.3, 0.4) is 0 Å². The van der Waals surface area contributed by atoms with Gasteiger partial charge in [-0.15, -0.1) is 0 Å². The van der Waals surface area contributed by atoms with Crippen LogP contribution in [0.2, 0.25) is 5.02 Å². The van der Waals surface area contributed by atoms with E-state index in [-0.39, 0.29) is 0 Å². The van der Waals surface area contributed by atoms with Crippen LogP contribution in [0.15, 0.2) is 24.3 Å². The van der Waals surface area contributed by atoms with E-state index < -0.39 is 23.0 Å². The van der Waals surface area contributed by atoms with E-state index in [4.69, 9.17) is 16.7 Å². The highest BCUT2D eigenvalue weighted by molar-refractivity contribution is 6.30. The summed E-state index contributed by atoms with van der Waals surface area (Å²) in [5.41, 5.74) is -0.498. The van der Waals surface area contributed by atoms with Crippen LogP contribution < -0.4 is 0 Å². The molecule has 4 heteroatoms. The lowest BCUT2D eigenvalue weighted by Crippen LogP contribution is -2.66. The molecule has 3 aliphatic rings. The summed E-state index contributed by atoms with van der Waals surface area (Å²) in [7, 11) is 0. The smallest absolute Gasteiger partial charge is 0.309 e. The van der Waals surface area contributed by atoms with Crippen LogP contribution in [0.1, 0.15) is 31.0 Å². The van der Waals surface area contributed by atoms with Gasteiger partial charge in [0.1, 0.15) is 6.17 Å². The van der Waals surface area contributed by atoms with Gasteiger partial charge < -0.3 is 5.11 Å². The molecule has 0 aliphatic heterocycles. The molecule has 3 aliphatic carbocycles. The van der Waals surface area contributed by atoms with Crippen molar-refractivity contribution in [3.05, 3.63) is 34.9 Å². The Labute approximate surface area is 103 Å². The van der Waals surface area contributed by atoms with Gasteiger partial charge >= 0.3 is 5.97 Å². The summed E-state index contributed by atoms with van der Waals surface area (Å²) >= 11 is 5.83. The Balaban J connectivity index is 1.79. The van der Waals surface area contributed by atoms with Crippen molar-refractivity contribution in [2.45, 2.75) is 25.4 Å². The van der Waals surface area contributed by atoms with Crippen LogP contribution in [-0.4, -0.2) is 11.1 Å². The fourth-order valence-electron chi connectivity index (χ4n) is 3.38. The van der Waals surface area contributed by atoms with Crippen molar-refractivity contribution >= 4 is 17.6 Å². The van der Waals surface area contributed by atoms with E-state index >= 15 is 0 Å². The molecule has 0 amide bonds. The molecule has 1 atom stereocenters. The molecule has 2 bridgehead atoms. The zero-order valence-corrected chi connectivity index (χ0v) is 9.88. The molecule has 1 N–H and O–H groups in total. The maximum atomic E-state index is 14.4. The van der Waals surface area contributed by atoms with Gasteiger partial charge in [-0.1, -0.05) is 23.7 Å². The summed E-state index contributed by atoms with van der Waals surface area (Å²) in [5.74, 6) is -0.780. The summed E-state index contributed by atoms with van der Waals surface area (Å²) in [6.07, 6.45) is 0.289. The maximum absolute atomic E-state index is 14.4. The Kier molecular flexibility index (Phi) is 2.09. The minimum absolute atomic E-state index is 0.441. The van der Waals surface area contributed by atoms with Gasteiger partial charge in [0.25, 0.3) is 0 Å². The summed E-state index contributed by atoms with van der Waals surface area (Å²) in [5, 5.41) is 9.52. The van der Waals surface area contributed by atoms with Gasteiger partial charge in [-0.2, -0.15) is 0 Å². The zero-order chi connectivity index (χ0) is 12.3. The second-order valence-corrected chi connectivity index (χ2v) is 5.83. The number of alkyl halides is 1. The number of halogens is 2. The predicted octanol–water partition coefficient (Wildman–Crippen LogP) is 3.61. The van der Waals surface area contributed by atoms with E-state index in [2.05, 4.69) is 0 Å². The molecule has 1 aromatic rings. The Hall–Kier alpha value is -1.09. The van der Waals surface area contributed by atoms with Crippen molar-refractivity contribution in [1.29, 1.82) is 0 Å². The number of benzene rings is 1. The molecule has 1 unspecified atom stereocenters. The van der Waals surface area contributed by atoms with Crippen molar-refractivity contribution in [1.82, 2.24) is 0 Å². The lowest BCUT2D eigenvalue weighted by molar-refractivity contribution is -0.246. The van der Waals surface area contributed by atoms with Gasteiger partial charge in [0.2, 0.25) is 0 Å². The molecular weight excluding hydrogens is 243 g/mol. The number of carboxylic acid groups (broad SMARTS) is 1. The molecule has 17 heavy (non-hydrogen) atoms. The van der Waals surface area contributed by atoms with Crippen molar-refractivity contribution in [2.24, 2.45) is 10.8 Å². The minimum atomic E-state index is -1.09. The molecule has 0 aromatic heterocycles. The highest BCUT2D eigenvalue weighted by Gasteiger charge is 2.74. The predicted molar refractivity (Wildman–Crippen MR) is 61.7 cm³/mol. The SMILES string of the molecule is O=C(O)C12CC(C(F)c3cccc(Cl)c3)(C1)C2. The van der Waals surface area contributed by atoms with E-state index in [9.17, 15) is 9.18 Å². The summed E-state index contributed by atoms with van der Waals surface area (Å²) in [6.45, 7) is 0. The van der Waals surface area contributed by atoms with Crippen LogP contribution in [-0.2, 0) is 4.79 Å². The first-order chi connectivity index (χ1) is 7.97. The molecule has 0 spiro atoms. The van der Waals surface area contributed by atoms with Crippen LogP contribution in [0.5, 0.6) is 0 Å². The number of aliphatic carboxylic acids is 1. The third-order valence-corrected chi connectivity index (χ3v) is 4.44. The van der Waals surface area contributed by atoms with E-state index in [1.807, 2.05) is 0 Å². The fraction of sp³-hybridized carbons (Fsp3) is 0.462. The average Bonchev–Trinajstić information content (AvgIpc) is 2.12. The zero-order valence-electron chi connectivity index (χ0n) is 9.12. The molecule has 1 aromatic carbocycles. The van der Waals surface area contributed by atoms with Crippen LogP contribution in [0.4, 0.5) is 4.39 Å². The molecule has 90 valence electrons. The van der Waals surface area contributed by atoms with E-state index in [0.29, 0.717) is 29.8 Å². The molecule has 3 fully saturated rings. The second-order valence-electron chi connectivity index (χ2n) is 5.40. The number of hydrogen-bond donors (Lipinski definition) is 1. The summed E-state index contributed by atoms with van der Waals surface area (Å²) in [6, 6.07) is 6.77. The van der Waals surface area contributed by atoms with Crippen molar-refractivity contribution in [3.63, 3.8) is 0 Å². The normalized spacial score (nSPS) is 35.6. The highest BCUT2D eigenvalue weighted by atomic mass is 35.5. The average molecular weight is 255 g/mol. The van der Waals surface area contributed by atoms with Gasteiger partial charge in [0.15, 0.2) is 0 Å². The van der Waals surface area contributed by atoms with Crippen LogP contribution in [0, 0.1) is 10.8 Å². The molecule has 0 saturated heterocycles. The van der Waals surface area contributed by atoms with E-state index in [1.54, 1.807) is 24.3 Å². The largest absolute Gasteiger partial charge is 0.481 e. The first-order valence-corrected chi connectivity index (χ1v) is 5.98. The van der Waals surface area contributed by atoms with Gasteiger partial charge in [0.05, 0.1) is 5.41 Å². The standard InChI is InChI=1S/C13H12ClFO2/c14-9-3-1-2-8(4-9)10(15)12-5-13(6-12,7-12)11(16)17/h1-4,10H,5-7H2,(H,16,17). The monoisotopic (exact) mass is 254 g/mol. The molecule has 2 nitrogen and oxygen atoms in total. The van der Waals surface area contributed by atoms with Gasteiger partial charge in [-0.3, -0.25) is 4.79 Å². The first-order valence-electron chi connectivity index (χ1n) is 5.60. The lowest BCUT2D eigenvalue weighted by Gasteiger charge is -2.69. The topological polar surface area (TPSA) is 37.3 Å². The fourth-order valence-corrected chi connectivity index (χ4v) is 3.58. The van der Waals surface area contributed by atoms with Crippen LogP contribution >= 0.6 is 11.6 Å². The Bertz CT molecular complexity index is 480. The quantitative estimate of drug-likeness (QED) is 0.895. The molecule has 3 saturated carbocycles. The minimum Gasteiger partial charge on any atom is -0.481 e. The Morgan fingerprint density at radius 3 is 2.59 bits per heavy atom. The van der Waals surface area contributed by atoms with Gasteiger partial charge in [-0.25, -0.2) is 4.39 Å². The second kappa shape index (κ2) is 3.22. The third-order valence-electron chi connectivity index (χ3n) is 4.20.